The molecule has 2 aromatic rings. The Kier molecular flexibility index (Phi) is 11.0. The molecule has 40 heavy (non-hydrogen) atoms. The van der Waals surface area contributed by atoms with Crippen LogP contribution in [0.2, 0.25) is 0 Å². The van der Waals surface area contributed by atoms with Gasteiger partial charge < -0.3 is 20.1 Å². The van der Waals surface area contributed by atoms with Crippen LogP contribution >= 0.6 is 11.3 Å². The van der Waals surface area contributed by atoms with Gasteiger partial charge in [0.05, 0.1) is 0 Å². The third kappa shape index (κ3) is 9.29. The molecule has 1 fully saturated rings. The second kappa shape index (κ2) is 14.2. The number of hydrogen-bond acceptors (Lipinski definition) is 7. The van der Waals surface area contributed by atoms with Gasteiger partial charge in [-0.05, 0) is 43.1 Å². The maximum absolute atomic E-state index is 13.2. The van der Waals surface area contributed by atoms with Crippen LogP contribution in [0.3, 0.4) is 0 Å². The van der Waals surface area contributed by atoms with Crippen molar-refractivity contribution in [2.45, 2.75) is 77.5 Å². The van der Waals surface area contributed by atoms with Gasteiger partial charge in [0.1, 0.15) is 10.7 Å². The molecule has 1 aromatic heterocycles. The summed E-state index contributed by atoms with van der Waals surface area (Å²) >= 11 is 1.21. The number of benzene rings is 1. The first-order valence-electron chi connectivity index (χ1n) is 13.6. The van der Waals surface area contributed by atoms with E-state index in [9.17, 15) is 24.3 Å². The molecule has 2 amide bonds. The third-order valence-corrected chi connectivity index (χ3v) is 8.01. The van der Waals surface area contributed by atoms with Crippen molar-refractivity contribution in [3.05, 3.63) is 64.1 Å². The number of carbonyl (C=O) groups excluding carboxylic acids is 3. The molecule has 3 atom stereocenters. The van der Waals surface area contributed by atoms with Crippen molar-refractivity contribution in [2.75, 3.05) is 7.05 Å². The van der Waals surface area contributed by atoms with Crippen molar-refractivity contribution in [1.29, 1.82) is 0 Å². The lowest BCUT2D eigenvalue weighted by molar-refractivity contribution is -0.148. The lowest BCUT2D eigenvalue weighted by Crippen LogP contribution is -2.42. The summed E-state index contributed by atoms with van der Waals surface area (Å²) in [6, 6.07) is 8.76. The topological polar surface area (TPSA) is 126 Å². The number of nitrogens with one attached hydrogen (secondary N) is 1. The van der Waals surface area contributed by atoms with Crippen LogP contribution in [0.5, 0.6) is 0 Å². The molecule has 0 radical (unpaired) electrons. The Balaban J connectivity index is 1.76. The molecule has 2 N–H and O–H groups in total. The second-order valence-electron chi connectivity index (χ2n) is 10.8. The van der Waals surface area contributed by atoms with Crippen molar-refractivity contribution in [3.8, 4) is 0 Å². The summed E-state index contributed by atoms with van der Waals surface area (Å²) in [4.78, 5) is 55.7. The molecule has 1 aromatic carbocycles. The Labute approximate surface area is 239 Å². The van der Waals surface area contributed by atoms with Crippen molar-refractivity contribution < 1.29 is 29.0 Å². The molecule has 0 spiro atoms. The van der Waals surface area contributed by atoms with E-state index < -0.39 is 30.0 Å². The van der Waals surface area contributed by atoms with E-state index in [1.807, 2.05) is 44.2 Å². The van der Waals surface area contributed by atoms with Gasteiger partial charge in [0.15, 0.2) is 6.10 Å². The van der Waals surface area contributed by atoms with Crippen molar-refractivity contribution in [2.24, 2.45) is 11.8 Å². The fourth-order valence-electron chi connectivity index (χ4n) is 4.65. The van der Waals surface area contributed by atoms with Gasteiger partial charge in [-0.25, -0.2) is 9.78 Å². The summed E-state index contributed by atoms with van der Waals surface area (Å²) in [6.45, 7) is 8.99. The number of carboxylic acid groups (broad SMARTS) is 1. The summed E-state index contributed by atoms with van der Waals surface area (Å²) in [5.74, 6) is -1.40. The predicted octanol–water partition coefficient (Wildman–Crippen LogP) is 4.79. The molecule has 0 bridgehead atoms. The summed E-state index contributed by atoms with van der Waals surface area (Å²) in [5, 5.41) is 14.3. The van der Waals surface area contributed by atoms with Gasteiger partial charge in [-0.15, -0.1) is 11.3 Å². The van der Waals surface area contributed by atoms with E-state index >= 15 is 0 Å². The largest absolute Gasteiger partial charge is 0.478 e. The minimum atomic E-state index is -1.12. The summed E-state index contributed by atoms with van der Waals surface area (Å²) in [5.41, 5.74) is 1.09. The van der Waals surface area contributed by atoms with E-state index in [0.29, 0.717) is 30.2 Å². The van der Waals surface area contributed by atoms with Crippen molar-refractivity contribution >= 4 is 35.1 Å². The molecular weight excluding hydrogens is 530 g/mol. The first kappa shape index (κ1) is 31.0. The Morgan fingerprint density at radius 2 is 1.88 bits per heavy atom. The van der Waals surface area contributed by atoms with E-state index in [0.717, 1.165) is 18.4 Å². The number of ether oxygens (including phenoxy) is 1. The number of esters is 1. The van der Waals surface area contributed by atoms with E-state index in [2.05, 4.69) is 16.9 Å². The first-order valence-corrected chi connectivity index (χ1v) is 14.5. The standard InChI is InChI=1S/C30H39N3O6S/c1-18(2)25(33(5)27(35)15-22-11-12-22)16-26(39-20(4)34)29-32-24(17-40-29)28(36)31-23(13-19(3)30(37)38)14-21-9-7-6-8-10-21/h6-10,17-18,22-23,25-26H,3,11-16H2,1-2,4-5H3,(H,31,36)(H,37,38)/t23-,25?,26-/m1/s1. The van der Waals surface area contributed by atoms with Crippen LogP contribution < -0.4 is 5.32 Å². The van der Waals surface area contributed by atoms with Crippen LogP contribution in [0.1, 0.15) is 80.0 Å². The number of amides is 2. The molecule has 0 aliphatic heterocycles. The number of aliphatic carboxylic acids is 1. The molecule has 9 nitrogen and oxygen atoms in total. The average Bonchev–Trinajstić information content (AvgIpc) is 3.56. The maximum atomic E-state index is 13.2. The Bertz CT molecular complexity index is 1210. The van der Waals surface area contributed by atoms with Gasteiger partial charge in [0.25, 0.3) is 5.91 Å². The SMILES string of the molecule is C=C(C[C@H](Cc1ccccc1)NC(=O)c1csc([C@@H](CC(C(C)C)N(C)C(=O)CC2CC2)OC(C)=O)n1)C(=O)O. The minimum absolute atomic E-state index is 0.00444. The molecule has 1 heterocycles. The van der Waals surface area contributed by atoms with Crippen LogP contribution in [0.25, 0.3) is 0 Å². The highest BCUT2D eigenvalue weighted by molar-refractivity contribution is 7.09. The molecule has 216 valence electrons. The van der Waals surface area contributed by atoms with Crippen LogP contribution in [0, 0.1) is 11.8 Å². The number of thiazole rings is 1. The normalized spacial score (nSPS) is 15.1. The monoisotopic (exact) mass is 569 g/mol. The molecule has 10 heteroatoms. The lowest BCUT2D eigenvalue weighted by Gasteiger charge is -2.33. The van der Waals surface area contributed by atoms with Crippen LogP contribution in [0.4, 0.5) is 0 Å². The molecule has 3 rings (SSSR count). The highest BCUT2D eigenvalue weighted by atomic mass is 32.1. The highest BCUT2D eigenvalue weighted by Gasteiger charge is 2.33. The number of carboxylic acids is 1. The van der Waals surface area contributed by atoms with Crippen LogP contribution in [0.15, 0.2) is 47.9 Å². The summed E-state index contributed by atoms with van der Waals surface area (Å²) < 4.78 is 5.64. The average molecular weight is 570 g/mol. The maximum Gasteiger partial charge on any atom is 0.331 e. The number of rotatable bonds is 15. The third-order valence-electron chi connectivity index (χ3n) is 7.07. The van der Waals surface area contributed by atoms with Gasteiger partial charge in [-0.1, -0.05) is 50.8 Å². The fourth-order valence-corrected chi connectivity index (χ4v) is 5.49. The van der Waals surface area contributed by atoms with Gasteiger partial charge in [0.2, 0.25) is 5.91 Å². The Hall–Kier alpha value is -3.53. The van der Waals surface area contributed by atoms with Crippen LogP contribution in [-0.2, 0) is 25.5 Å². The highest BCUT2D eigenvalue weighted by Crippen LogP contribution is 2.35. The van der Waals surface area contributed by atoms with Gasteiger partial charge >= 0.3 is 11.9 Å². The van der Waals surface area contributed by atoms with Crippen LogP contribution in [-0.4, -0.2) is 57.9 Å². The number of nitrogens with zero attached hydrogens (tertiary/aromatic N) is 2. The second-order valence-corrected chi connectivity index (χ2v) is 11.7. The Morgan fingerprint density at radius 3 is 2.45 bits per heavy atom. The van der Waals surface area contributed by atoms with Gasteiger partial charge in [-0.3, -0.25) is 14.4 Å². The lowest BCUT2D eigenvalue weighted by atomic mass is 9.96. The Morgan fingerprint density at radius 1 is 1.20 bits per heavy atom. The summed E-state index contributed by atoms with van der Waals surface area (Å²) in [6.07, 6.45) is 2.82. The molecule has 1 unspecified atom stereocenters. The van der Waals surface area contributed by atoms with Gasteiger partial charge in [0, 0.05) is 49.8 Å². The van der Waals surface area contributed by atoms with E-state index in [-0.39, 0.29) is 35.6 Å². The predicted molar refractivity (Wildman–Crippen MR) is 153 cm³/mol. The molecule has 1 aliphatic carbocycles. The van der Waals surface area contributed by atoms with E-state index in [1.165, 1.54) is 18.3 Å². The molecule has 1 aliphatic rings. The zero-order valence-corrected chi connectivity index (χ0v) is 24.4. The van der Waals surface area contributed by atoms with Crippen molar-refractivity contribution in [1.82, 2.24) is 15.2 Å². The number of carbonyl (C=O) groups is 4. The number of aromatic nitrogens is 1. The quantitative estimate of drug-likeness (QED) is 0.233. The fraction of sp³-hybridized carbons (Fsp3) is 0.500. The van der Waals surface area contributed by atoms with E-state index in [1.54, 1.807) is 17.3 Å². The summed E-state index contributed by atoms with van der Waals surface area (Å²) in [7, 11) is 1.79. The zero-order chi connectivity index (χ0) is 29.4. The minimum Gasteiger partial charge on any atom is -0.478 e. The first-order chi connectivity index (χ1) is 18.9. The molecule has 0 saturated heterocycles. The van der Waals surface area contributed by atoms with Gasteiger partial charge in [-0.2, -0.15) is 0 Å². The van der Waals surface area contributed by atoms with E-state index in [4.69, 9.17) is 4.74 Å². The number of hydrogen-bond donors (Lipinski definition) is 2. The smallest absolute Gasteiger partial charge is 0.331 e. The molecular formula is C30H39N3O6S. The van der Waals surface area contributed by atoms with Crippen molar-refractivity contribution in [3.63, 3.8) is 0 Å². The zero-order valence-electron chi connectivity index (χ0n) is 23.6. The molecule has 1 saturated carbocycles.